The molecule has 9 heteroatoms. The van der Waals surface area contributed by atoms with Crippen LogP contribution in [-0.2, 0) is 0 Å². The minimum absolute atomic E-state index is 0.141. The molecule has 4 rings (SSSR count). The molecule has 0 unspecified atom stereocenters. The summed E-state index contributed by atoms with van der Waals surface area (Å²) in [4.78, 5) is 26.0. The molecule has 3 aromatic rings. The zero-order valence-electron chi connectivity index (χ0n) is 12.8. The Balaban J connectivity index is 1.44. The van der Waals surface area contributed by atoms with Gasteiger partial charge in [-0.2, -0.15) is 4.98 Å². The number of hydrogen-bond acceptors (Lipinski definition) is 6. The molecule has 0 N–H and O–H groups in total. The van der Waals surface area contributed by atoms with Crippen LogP contribution in [-0.4, -0.2) is 44.0 Å². The first-order valence-corrected chi connectivity index (χ1v) is 7.47. The largest absolute Gasteiger partial charge is 0.338 e. The average Bonchev–Trinajstić information content (AvgIpc) is 3.04. The third kappa shape index (κ3) is 2.84. The lowest BCUT2D eigenvalue weighted by atomic mass is 9.98. The zero-order valence-corrected chi connectivity index (χ0v) is 12.8. The van der Waals surface area contributed by atoms with E-state index in [4.69, 9.17) is 4.52 Å². The Morgan fingerprint density at radius 1 is 1.16 bits per heavy atom. The third-order valence-electron chi connectivity index (χ3n) is 3.89. The molecule has 126 valence electrons. The van der Waals surface area contributed by atoms with Crippen molar-refractivity contribution in [3.8, 4) is 11.6 Å². The van der Waals surface area contributed by atoms with Crippen molar-refractivity contribution >= 4 is 5.91 Å². The first kappa shape index (κ1) is 15.3. The van der Waals surface area contributed by atoms with Gasteiger partial charge in [-0.3, -0.25) is 4.79 Å². The van der Waals surface area contributed by atoms with Gasteiger partial charge in [0.25, 0.3) is 5.91 Å². The number of benzene rings is 1. The van der Waals surface area contributed by atoms with E-state index in [9.17, 15) is 13.6 Å². The predicted molar refractivity (Wildman–Crippen MR) is 80.3 cm³/mol. The van der Waals surface area contributed by atoms with E-state index in [1.807, 2.05) is 0 Å². The molecule has 0 radical (unpaired) electrons. The second kappa shape index (κ2) is 6.00. The van der Waals surface area contributed by atoms with Crippen LogP contribution in [0, 0.1) is 11.6 Å². The van der Waals surface area contributed by atoms with E-state index >= 15 is 0 Å². The Kier molecular flexibility index (Phi) is 3.68. The number of amides is 1. The summed E-state index contributed by atoms with van der Waals surface area (Å²) in [5, 5.41) is 3.82. The lowest BCUT2D eigenvalue weighted by Gasteiger charge is -2.37. The van der Waals surface area contributed by atoms with Gasteiger partial charge in [0.05, 0.1) is 11.5 Å². The molecule has 0 spiro atoms. The van der Waals surface area contributed by atoms with Gasteiger partial charge in [0, 0.05) is 31.5 Å². The molecule has 1 aliphatic rings. The second-order valence-corrected chi connectivity index (χ2v) is 5.56. The van der Waals surface area contributed by atoms with Crippen LogP contribution in [0.3, 0.4) is 0 Å². The maximum Gasteiger partial charge on any atom is 0.256 e. The van der Waals surface area contributed by atoms with E-state index in [1.54, 1.807) is 18.5 Å². The van der Waals surface area contributed by atoms with E-state index in [0.717, 1.165) is 12.1 Å². The molecule has 0 bridgehead atoms. The van der Waals surface area contributed by atoms with Crippen LogP contribution in [0.5, 0.6) is 0 Å². The second-order valence-electron chi connectivity index (χ2n) is 5.56. The molecule has 1 aliphatic heterocycles. The van der Waals surface area contributed by atoms with Gasteiger partial charge in [0.2, 0.25) is 17.5 Å². The van der Waals surface area contributed by atoms with Gasteiger partial charge in [-0.15, -0.1) is 0 Å². The quantitative estimate of drug-likeness (QED) is 0.723. The van der Waals surface area contributed by atoms with Crippen molar-refractivity contribution < 1.29 is 18.1 Å². The fourth-order valence-corrected chi connectivity index (χ4v) is 2.54. The summed E-state index contributed by atoms with van der Waals surface area (Å²) in [5.74, 6) is -1.27. The number of halogens is 2. The molecule has 1 fully saturated rings. The van der Waals surface area contributed by atoms with Crippen LogP contribution in [0.25, 0.3) is 11.6 Å². The predicted octanol–water partition coefficient (Wildman–Crippen LogP) is 2.04. The zero-order chi connectivity index (χ0) is 17.4. The molecule has 1 aromatic carbocycles. The lowest BCUT2D eigenvalue weighted by Crippen LogP contribution is -2.48. The van der Waals surface area contributed by atoms with Crippen molar-refractivity contribution in [2.75, 3.05) is 13.1 Å². The van der Waals surface area contributed by atoms with Gasteiger partial charge >= 0.3 is 0 Å². The van der Waals surface area contributed by atoms with Crippen molar-refractivity contribution in [1.29, 1.82) is 0 Å². The lowest BCUT2D eigenvalue weighted by molar-refractivity contribution is 0.0564. The van der Waals surface area contributed by atoms with Crippen LogP contribution in [0.2, 0.25) is 0 Å². The van der Waals surface area contributed by atoms with Gasteiger partial charge in [0.1, 0.15) is 11.6 Å². The highest BCUT2D eigenvalue weighted by Gasteiger charge is 2.37. The van der Waals surface area contributed by atoms with E-state index in [1.165, 1.54) is 4.90 Å². The molecule has 0 atom stereocenters. The Hall–Kier alpha value is -3.23. The van der Waals surface area contributed by atoms with Crippen LogP contribution in [0.1, 0.15) is 22.2 Å². The van der Waals surface area contributed by atoms with Gasteiger partial charge < -0.3 is 9.42 Å². The number of aromatic nitrogens is 4. The minimum atomic E-state index is -0.880. The Bertz CT molecular complexity index is 925. The number of rotatable bonds is 3. The van der Waals surface area contributed by atoms with E-state index < -0.39 is 17.5 Å². The van der Waals surface area contributed by atoms with Crippen molar-refractivity contribution in [2.45, 2.75) is 5.92 Å². The van der Waals surface area contributed by atoms with E-state index in [-0.39, 0.29) is 17.3 Å². The molecule has 7 nitrogen and oxygen atoms in total. The standard InChI is InChI=1S/C16H11F2N5O2/c17-10-2-3-11(12(18)6-10)16(24)23-7-9(8-23)15-21-14(22-25-15)13-19-4-1-5-20-13/h1-6,9H,7-8H2. The van der Waals surface area contributed by atoms with Crippen LogP contribution in [0.15, 0.2) is 41.2 Å². The fourth-order valence-electron chi connectivity index (χ4n) is 2.54. The maximum absolute atomic E-state index is 13.7. The van der Waals surface area contributed by atoms with Crippen LogP contribution in [0.4, 0.5) is 8.78 Å². The molecule has 25 heavy (non-hydrogen) atoms. The van der Waals surface area contributed by atoms with Gasteiger partial charge in [0.15, 0.2) is 0 Å². The summed E-state index contributed by atoms with van der Waals surface area (Å²) in [7, 11) is 0. The SMILES string of the molecule is O=C(c1ccc(F)cc1F)N1CC(c2nc(-c3ncccn3)no2)C1. The van der Waals surface area contributed by atoms with E-state index in [0.29, 0.717) is 30.9 Å². The van der Waals surface area contributed by atoms with Crippen molar-refractivity contribution in [3.05, 3.63) is 59.7 Å². The fraction of sp³-hybridized carbons (Fsp3) is 0.188. The first-order valence-electron chi connectivity index (χ1n) is 7.47. The molecule has 1 saturated heterocycles. The average molecular weight is 343 g/mol. The molecular formula is C16H11F2N5O2. The number of hydrogen-bond donors (Lipinski definition) is 0. The number of likely N-dealkylation sites (tertiary alicyclic amines) is 1. The highest BCUT2D eigenvalue weighted by atomic mass is 19.1. The highest BCUT2D eigenvalue weighted by Crippen LogP contribution is 2.28. The summed E-state index contributed by atoms with van der Waals surface area (Å²) in [6.07, 6.45) is 3.14. The smallest absolute Gasteiger partial charge is 0.256 e. The molecular weight excluding hydrogens is 332 g/mol. The van der Waals surface area contributed by atoms with Crippen LogP contribution < -0.4 is 0 Å². The Labute approximate surface area is 140 Å². The molecule has 1 amide bonds. The monoisotopic (exact) mass is 343 g/mol. The highest BCUT2D eigenvalue weighted by molar-refractivity contribution is 5.95. The number of carbonyl (C=O) groups is 1. The molecule has 2 aromatic heterocycles. The van der Waals surface area contributed by atoms with E-state index in [2.05, 4.69) is 20.1 Å². The van der Waals surface area contributed by atoms with Crippen LogP contribution >= 0.6 is 0 Å². The summed E-state index contributed by atoms with van der Waals surface area (Å²) in [6.45, 7) is 0.625. The normalized spacial score (nSPS) is 14.4. The van der Waals surface area contributed by atoms with Crippen molar-refractivity contribution in [1.82, 2.24) is 25.0 Å². The van der Waals surface area contributed by atoms with Crippen molar-refractivity contribution in [3.63, 3.8) is 0 Å². The van der Waals surface area contributed by atoms with Crippen molar-refractivity contribution in [2.24, 2.45) is 0 Å². The Morgan fingerprint density at radius 2 is 1.92 bits per heavy atom. The number of nitrogens with zero attached hydrogens (tertiary/aromatic N) is 5. The van der Waals surface area contributed by atoms with Gasteiger partial charge in [-0.25, -0.2) is 18.7 Å². The third-order valence-corrected chi connectivity index (χ3v) is 3.89. The Morgan fingerprint density at radius 3 is 2.64 bits per heavy atom. The number of carbonyl (C=O) groups excluding carboxylic acids is 1. The molecule has 0 aliphatic carbocycles. The summed E-state index contributed by atoms with van der Waals surface area (Å²) < 4.78 is 31.8. The molecule has 3 heterocycles. The maximum atomic E-state index is 13.7. The summed E-state index contributed by atoms with van der Waals surface area (Å²) >= 11 is 0. The first-order chi connectivity index (χ1) is 12.1. The topological polar surface area (TPSA) is 85.0 Å². The minimum Gasteiger partial charge on any atom is -0.338 e. The summed E-state index contributed by atoms with van der Waals surface area (Å²) in [5.41, 5.74) is -0.163. The van der Waals surface area contributed by atoms with Gasteiger partial charge in [-0.05, 0) is 18.2 Å². The van der Waals surface area contributed by atoms with Gasteiger partial charge in [-0.1, -0.05) is 5.16 Å². The molecule has 0 saturated carbocycles. The summed E-state index contributed by atoms with van der Waals surface area (Å²) in [6, 6.07) is 4.55.